The first-order valence-electron chi connectivity index (χ1n) is 4.66. The van der Waals surface area contributed by atoms with Crippen molar-refractivity contribution in [3.63, 3.8) is 0 Å². The Morgan fingerprint density at radius 1 is 1.47 bits per heavy atom. The van der Waals surface area contributed by atoms with Gasteiger partial charge in [-0.25, -0.2) is 4.98 Å². The Hall–Kier alpha value is -1.79. The molecule has 0 N–H and O–H groups in total. The predicted molar refractivity (Wildman–Crippen MR) is 54.5 cm³/mol. The van der Waals surface area contributed by atoms with Gasteiger partial charge in [-0.3, -0.25) is 4.79 Å². The Labute approximate surface area is 96.0 Å². The maximum atomic E-state index is 12.3. The van der Waals surface area contributed by atoms with E-state index in [0.717, 1.165) is 12.3 Å². The number of anilines is 1. The predicted octanol–water partition coefficient (Wildman–Crippen LogP) is 1.71. The molecule has 17 heavy (non-hydrogen) atoms. The Kier molecular flexibility index (Phi) is 3.93. The van der Waals surface area contributed by atoms with Crippen LogP contribution < -0.4 is 4.90 Å². The molecule has 0 amide bonds. The number of esters is 1. The first-order chi connectivity index (χ1) is 7.84. The summed E-state index contributed by atoms with van der Waals surface area (Å²) in [6, 6.07) is 2.11. The van der Waals surface area contributed by atoms with Crippen molar-refractivity contribution < 1.29 is 22.7 Å². The number of rotatable bonds is 3. The SMILES string of the molecule is COC(=O)CN(C)c1ccc(C(F)(F)F)cn1. The number of halogens is 3. The van der Waals surface area contributed by atoms with Crippen molar-refractivity contribution in [1.82, 2.24) is 4.98 Å². The van der Waals surface area contributed by atoms with Crippen LogP contribution in [0.4, 0.5) is 19.0 Å². The van der Waals surface area contributed by atoms with Crippen LogP contribution in [0.25, 0.3) is 0 Å². The molecule has 0 aromatic carbocycles. The molecular formula is C10H11F3N2O2. The molecule has 0 radical (unpaired) electrons. The van der Waals surface area contributed by atoms with Crippen LogP contribution in [0.15, 0.2) is 18.3 Å². The van der Waals surface area contributed by atoms with E-state index in [1.54, 1.807) is 0 Å². The summed E-state index contributed by atoms with van der Waals surface area (Å²) in [6.45, 7) is -0.0745. The molecule has 0 aliphatic carbocycles. The Morgan fingerprint density at radius 2 is 2.12 bits per heavy atom. The van der Waals surface area contributed by atoms with Gasteiger partial charge in [0.1, 0.15) is 12.4 Å². The van der Waals surface area contributed by atoms with E-state index in [0.29, 0.717) is 0 Å². The molecule has 0 spiro atoms. The van der Waals surface area contributed by atoms with E-state index in [9.17, 15) is 18.0 Å². The van der Waals surface area contributed by atoms with Gasteiger partial charge in [-0.05, 0) is 12.1 Å². The topological polar surface area (TPSA) is 42.4 Å². The summed E-state index contributed by atoms with van der Waals surface area (Å²) in [5.41, 5.74) is -0.826. The highest BCUT2D eigenvalue weighted by Gasteiger charge is 2.30. The standard InChI is InChI=1S/C10H11F3N2O2/c1-15(6-9(16)17-2)8-4-3-7(5-14-8)10(11,12)13/h3-5H,6H2,1-2H3. The maximum absolute atomic E-state index is 12.3. The molecule has 1 aromatic rings. The summed E-state index contributed by atoms with van der Waals surface area (Å²) in [6.07, 6.45) is -3.68. The van der Waals surface area contributed by atoms with Crippen LogP contribution in [0, 0.1) is 0 Å². The second-order valence-corrected chi connectivity index (χ2v) is 3.34. The molecule has 0 aliphatic heterocycles. The van der Waals surface area contributed by atoms with Crippen molar-refractivity contribution in [2.45, 2.75) is 6.18 Å². The van der Waals surface area contributed by atoms with Crippen LogP contribution in [-0.4, -0.2) is 31.7 Å². The lowest BCUT2D eigenvalue weighted by Gasteiger charge is -2.16. The molecule has 1 rings (SSSR count). The van der Waals surface area contributed by atoms with Crippen LogP contribution in [0.3, 0.4) is 0 Å². The summed E-state index contributed by atoms with van der Waals surface area (Å²) in [4.78, 5) is 16.0. The molecule has 0 atom stereocenters. The van der Waals surface area contributed by atoms with Crippen LogP contribution >= 0.6 is 0 Å². The third kappa shape index (κ3) is 3.61. The van der Waals surface area contributed by atoms with Gasteiger partial charge >= 0.3 is 12.1 Å². The zero-order valence-corrected chi connectivity index (χ0v) is 9.28. The van der Waals surface area contributed by atoms with Crippen molar-refractivity contribution in [2.75, 3.05) is 25.6 Å². The lowest BCUT2D eigenvalue weighted by atomic mass is 10.3. The van der Waals surface area contributed by atoms with Gasteiger partial charge in [0.2, 0.25) is 0 Å². The van der Waals surface area contributed by atoms with Gasteiger partial charge < -0.3 is 9.64 Å². The molecule has 0 fully saturated rings. The normalized spacial score (nSPS) is 11.1. The van der Waals surface area contributed by atoms with Gasteiger partial charge in [0, 0.05) is 13.2 Å². The van der Waals surface area contributed by atoms with Gasteiger partial charge in [0.25, 0.3) is 0 Å². The number of carbonyl (C=O) groups excluding carboxylic acids is 1. The summed E-state index contributed by atoms with van der Waals surface area (Å²) >= 11 is 0. The van der Waals surface area contributed by atoms with E-state index < -0.39 is 17.7 Å². The molecule has 94 valence electrons. The van der Waals surface area contributed by atoms with Gasteiger partial charge in [-0.15, -0.1) is 0 Å². The summed E-state index contributed by atoms with van der Waals surface area (Å²) in [5.74, 6) is -0.224. The van der Waals surface area contributed by atoms with Crippen molar-refractivity contribution in [1.29, 1.82) is 0 Å². The second kappa shape index (κ2) is 5.03. The van der Waals surface area contributed by atoms with E-state index in [4.69, 9.17) is 0 Å². The molecule has 1 aromatic heterocycles. The highest BCUT2D eigenvalue weighted by atomic mass is 19.4. The van der Waals surface area contributed by atoms with Gasteiger partial charge in [-0.1, -0.05) is 0 Å². The van der Waals surface area contributed by atoms with E-state index in [1.165, 1.54) is 25.1 Å². The molecule has 7 heteroatoms. The summed E-state index contributed by atoms with van der Waals surface area (Å²) < 4.78 is 41.2. The van der Waals surface area contributed by atoms with Gasteiger partial charge in [-0.2, -0.15) is 13.2 Å². The fourth-order valence-electron chi connectivity index (χ4n) is 1.12. The Morgan fingerprint density at radius 3 is 2.53 bits per heavy atom. The maximum Gasteiger partial charge on any atom is 0.417 e. The second-order valence-electron chi connectivity index (χ2n) is 3.34. The van der Waals surface area contributed by atoms with E-state index >= 15 is 0 Å². The number of nitrogens with zero attached hydrogens (tertiary/aromatic N) is 2. The Balaban J connectivity index is 2.77. The minimum atomic E-state index is -4.41. The van der Waals surface area contributed by atoms with Crippen LogP contribution in [-0.2, 0) is 15.7 Å². The van der Waals surface area contributed by atoms with Crippen molar-refractivity contribution in [2.24, 2.45) is 0 Å². The molecule has 0 bridgehead atoms. The molecular weight excluding hydrogens is 237 g/mol. The first-order valence-corrected chi connectivity index (χ1v) is 4.66. The number of aromatic nitrogens is 1. The van der Waals surface area contributed by atoms with E-state index in [2.05, 4.69) is 9.72 Å². The average Bonchev–Trinajstić information content (AvgIpc) is 2.27. The minimum Gasteiger partial charge on any atom is -0.468 e. The van der Waals surface area contributed by atoms with Gasteiger partial charge in [0.05, 0.1) is 12.7 Å². The smallest absolute Gasteiger partial charge is 0.417 e. The molecule has 0 saturated heterocycles. The number of pyridine rings is 1. The lowest BCUT2D eigenvalue weighted by Crippen LogP contribution is -2.27. The molecule has 0 unspecified atom stereocenters. The minimum absolute atomic E-state index is 0.0745. The van der Waals surface area contributed by atoms with Crippen molar-refractivity contribution in [3.8, 4) is 0 Å². The van der Waals surface area contributed by atoms with Crippen molar-refractivity contribution >= 4 is 11.8 Å². The number of carbonyl (C=O) groups is 1. The monoisotopic (exact) mass is 248 g/mol. The quantitative estimate of drug-likeness (QED) is 0.764. The summed E-state index contributed by atoms with van der Waals surface area (Å²) in [7, 11) is 2.77. The third-order valence-corrected chi connectivity index (χ3v) is 2.06. The first kappa shape index (κ1) is 13.3. The lowest BCUT2D eigenvalue weighted by molar-refractivity contribution is -0.139. The number of alkyl halides is 3. The number of likely N-dealkylation sites (N-methyl/N-ethyl adjacent to an activating group) is 1. The fraction of sp³-hybridized carbons (Fsp3) is 0.400. The Bertz CT molecular complexity index is 390. The number of ether oxygens (including phenoxy) is 1. The highest BCUT2D eigenvalue weighted by molar-refractivity contribution is 5.74. The van der Waals surface area contributed by atoms with Gasteiger partial charge in [0.15, 0.2) is 0 Å². The molecule has 4 nitrogen and oxygen atoms in total. The number of methoxy groups -OCH3 is 1. The summed E-state index contributed by atoms with van der Waals surface area (Å²) in [5, 5.41) is 0. The van der Waals surface area contributed by atoms with E-state index in [-0.39, 0.29) is 12.4 Å². The third-order valence-electron chi connectivity index (χ3n) is 2.06. The molecule has 1 heterocycles. The highest BCUT2D eigenvalue weighted by Crippen LogP contribution is 2.29. The largest absolute Gasteiger partial charge is 0.468 e. The zero-order chi connectivity index (χ0) is 13.1. The van der Waals surface area contributed by atoms with E-state index in [1.807, 2.05) is 0 Å². The number of hydrogen-bond acceptors (Lipinski definition) is 4. The number of hydrogen-bond donors (Lipinski definition) is 0. The van der Waals surface area contributed by atoms with Crippen LogP contribution in [0.2, 0.25) is 0 Å². The zero-order valence-electron chi connectivity index (χ0n) is 9.28. The van der Waals surface area contributed by atoms with Crippen LogP contribution in [0.1, 0.15) is 5.56 Å². The van der Waals surface area contributed by atoms with Crippen molar-refractivity contribution in [3.05, 3.63) is 23.9 Å². The van der Waals surface area contributed by atoms with Crippen LogP contribution in [0.5, 0.6) is 0 Å². The molecule has 0 aliphatic rings. The molecule has 0 saturated carbocycles. The average molecular weight is 248 g/mol. The fourth-order valence-corrected chi connectivity index (χ4v) is 1.12.